The molecule has 1 aromatic carbocycles. The van der Waals surface area contributed by atoms with Gasteiger partial charge in [0.1, 0.15) is 11.7 Å². The Morgan fingerprint density at radius 2 is 2.05 bits per heavy atom. The Hall–Kier alpha value is -2.75. The average molecular weight is 296 g/mol. The summed E-state index contributed by atoms with van der Waals surface area (Å²) in [5.41, 5.74) is 1.95. The second-order valence-electron chi connectivity index (χ2n) is 4.50. The molecule has 1 aromatic rings. The topological polar surface area (TPSA) is 139 Å². The molecule has 0 aliphatic carbocycles. The number of nitrogens with one attached hydrogen (secondary N) is 1. The van der Waals surface area contributed by atoms with Gasteiger partial charge in [0.15, 0.2) is 0 Å². The first-order valence-electron chi connectivity index (χ1n) is 6.09. The van der Waals surface area contributed by atoms with E-state index in [0.29, 0.717) is 19.4 Å². The highest BCUT2D eigenvalue weighted by Gasteiger charge is 2.29. The molecular weight excluding hydrogens is 284 g/mol. The number of carboxylic acids is 1. The maximum atomic E-state index is 11.1. The molecule has 1 saturated heterocycles. The molecule has 1 aliphatic rings. The van der Waals surface area contributed by atoms with Crippen molar-refractivity contribution in [1.82, 2.24) is 5.43 Å². The van der Waals surface area contributed by atoms with Gasteiger partial charge in [0.2, 0.25) is 0 Å². The summed E-state index contributed by atoms with van der Waals surface area (Å²) in [5, 5.41) is 32.1. The van der Waals surface area contributed by atoms with Crippen molar-refractivity contribution in [1.29, 1.82) is 0 Å². The lowest BCUT2D eigenvalue weighted by molar-refractivity contribution is -0.393. The molecule has 112 valence electrons. The molecule has 21 heavy (non-hydrogen) atoms. The summed E-state index contributed by atoms with van der Waals surface area (Å²) in [6.45, 7) is 0.377. The normalized spacial score (nSPS) is 18.3. The summed E-state index contributed by atoms with van der Waals surface area (Å²) >= 11 is 0. The van der Waals surface area contributed by atoms with Gasteiger partial charge in [-0.3, -0.25) is 25.0 Å². The predicted molar refractivity (Wildman–Crippen MR) is 70.9 cm³/mol. The monoisotopic (exact) mass is 296 g/mol. The molecule has 0 bridgehead atoms. The van der Waals surface area contributed by atoms with E-state index in [2.05, 4.69) is 5.43 Å². The largest absolute Gasteiger partial charge is 0.480 e. The Balaban J connectivity index is 2.36. The maximum absolute atomic E-state index is 11.1. The van der Waals surface area contributed by atoms with E-state index in [0.717, 1.165) is 12.1 Å². The number of aliphatic carboxylic acids is 1. The third-order valence-corrected chi connectivity index (χ3v) is 3.14. The average Bonchev–Trinajstić information content (AvgIpc) is 2.46. The number of carboxylic acid groups (broad SMARTS) is 1. The number of carbonyl (C=O) groups is 1. The second-order valence-corrected chi connectivity index (χ2v) is 4.50. The van der Waals surface area contributed by atoms with Crippen molar-refractivity contribution in [3.8, 4) is 0 Å². The zero-order chi connectivity index (χ0) is 15.6. The van der Waals surface area contributed by atoms with Crippen molar-refractivity contribution >= 4 is 23.0 Å². The van der Waals surface area contributed by atoms with Crippen molar-refractivity contribution in [2.24, 2.45) is 0 Å². The van der Waals surface area contributed by atoms with Crippen LogP contribution in [-0.4, -0.2) is 33.5 Å². The Bertz CT molecular complexity index is 604. The molecule has 0 spiro atoms. The molecule has 1 fully saturated rings. The fourth-order valence-electron chi connectivity index (χ4n) is 2.14. The van der Waals surface area contributed by atoms with Crippen LogP contribution in [-0.2, 0) is 4.79 Å². The summed E-state index contributed by atoms with van der Waals surface area (Å²) in [5.74, 6) is -1.05. The number of hydrogen-bond donors (Lipinski definition) is 2. The van der Waals surface area contributed by atoms with Crippen LogP contribution in [0.5, 0.6) is 0 Å². The fraction of sp³-hybridized carbons (Fsp3) is 0.364. The van der Waals surface area contributed by atoms with Crippen LogP contribution in [0.4, 0.5) is 17.1 Å². The Morgan fingerprint density at radius 3 is 2.62 bits per heavy atom. The molecule has 1 atom stereocenters. The van der Waals surface area contributed by atoms with Crippen LogP contribution in [0.15, 0.2) is 18.2 Å². The van der Waals surface area contributed by atoms with E-state index in [-0.39, 0.29) is 5.69 Å². The summed E-state index contributed by atoms with van der Waals surface area (Å²) in [6, 6.07) is 2.41. The van der Waals surface area contributed by atoms with Gasteiger partial charge in [0.05, 0.1) is 15.9 Å². The van der Waals surface area contributed by atoms with Crippen molar-refractivity contribution in [3.63, 3.8) is 0 Å². The number of hydrazine groups is 1. The number of nitro benzene ring substituents is 2. The molecule has 1 heterocycles. The van der Waals surface area contributed by atoms with Gasteiger partial charge >= 0.3 is 11.7 Å². The van der Waals surface area contributed by atoms with Gasteiger partial charge in [-0.05, 0) is 18.9 Å². The summed E-state index contributed by atoms with van der Waals surface area (Å²) < 4.78 is 0. The summed E-state index contributed by atoms with van der Waals surface area (Å²) in [7, 11) is 0. The molecule has 0 unspecified atom stereocenters. The number of rotatable bonds is 4. The maximum Gasteiger partial charge on any atom is 0.322 e. The Labute approximate surface area is 118 Å². The quantitative estimate of drug-likeness (QED) is 0.621. The zero-order valence-electron chi connectivity index (χ0n) is 10.8. The standard InChI is InChI=1S/C11H12N4O6/c16-11(17)8-2-1-5-13(12-8)9-4-3-7(14(18)19)6-10(9)15(20)21/h3-4,6,8,12H,1-2,5H2,(H,16,17)/t8-/m1/s1. The van der Waals surface area contributed by atoms with Crippen LogP contribution in [0.25, 0.3) is 0 Å². The third-order valence-electron chi connectivity index (χ3n) is 3.14. The molecule has 0 amide bonds. The SMILES string of the molecule is O=C(O)[C@H]1CCCN(c2ccc([N+](=O)[O-])cc2[N+](=O)[O-])N1. The highest BCUT2D eigenvalue weighted by atomic mass is 16.6. The van der Waals surface area contributed by atoms with Crippen LogP contribution in [0.3, 0.4) is 0 Å². The molecule has 10 heteroatoms. The molecule has 10 nitrogen and oxygen atoms in total. The lowest BCUT2D eigenvalue weighted by Crippen LogP contribution is -2.53. The molecule has 0 saturated carbocycles. The lowest BCUT2D eigenvalue weighted by Gasteiger charge is -2.33. The van der Waals surface area contributed by atoms with Gasteiger partial charge in [-0.15, -0.1) is 0 Å². The third kappa shape index (κ3) is 3.05. The van der Waals surface area contributed by atoms with Crippen LogP contribution in [0.2, 0.25) is 0 Å². The molecule has 0 aromatic heterocycles. The smallest absolute Gasteiger partial charge is 0.322 e. The number of nitro groups is 2. The van der Waals surface area contributed by atoms with Gasteiger partial charge in [-0.2, -0.15) is 0 Å². The van der Waals surface area contributed by atoms with E-state index in [9.17, 15) is 25.0 Å². The first kappa shape index (κ1) is 14.7. The highest BCUT2D eigenvalue weighted by molar-refractivity contribution is 5.75. The summed E-state index contributed by atoms with van der Waals surface area (Å²) in [6.07, 6.45) is 0.949. The lowest BCUT2D eigenvalue weighted by atomic mass is 10.1. The number of nitrogens with zero attached hydrogens (tertiary/aromatic N) is 3. The van der Waals surface area contributed by atoms with Crippen molar-refractivity contribution in [2.45, 2.75) is 18.9 Å². The van der Waals surface area contributed by atoms with Gasteiger partial charge in [-0.1, -0.05) is 0 Å². The van der Waals surface area contributed by atoms with Gasteiger partial charge in [-0.25, -0.2) is 5.43 Å². The molecule has 2 N–H and O–H groups in total. The van der Waals surface area contributed by atoms with Crippen LogP contribution >= 0.6 is 0 Å². The Morgan fingerprint density at radius 1 is 1.33 bits per heavy atom. The highest BCUT2D eigenvalue weighted by Crippen LogP contribution is 2.32. The fourth-order valence-corrected chi connectivity index (χ4v) is 2.14. The van der Waals surface area contributed by atoms with E-state index < -0.39 is 33.2 Å². The van der Waals surface area contributed by atoms with Gasteiger partial charge in [0, 0.05) is 12.6 Å². The van der Waals surface area contributed by atoms with Crippen molar-refractivity contribution < 1.29 is 19.7 Å². The minimum atomic E-state index is -1.05. The minimum absolute atomic E-state index is 0.108. The summed E-state index contributed by atoms with van der Waals surface area (Å²) in [4.78, 5) is 31.3. The zero-order valence-corrected chi connectivity index (χ0v) is 10.8. The van der Waals surface area contributed by atoms with Crippen LogP contribution < -0.4 is 10.4 Å². The van der Waals surface area contributed by atoms with Crippen molar-refractivity contribution in [2.75, 3.05) is 11.6 Å². The van der Waals surface area contributed by atoms with Crippen LogP contribution in [0, 0.1) is 20.2 Å². The van der Waals surface area contributed by atoms with Crippen molar-refractivity contribution in [3.05, 3.63) is 38.4 Å². The van der Waals surface area contributed by atoms with Gasteiger partial charge in [0.25, 0.3) is 5.69 Å². The number of non-ortho nitro benzene ring substituents is 1. The van der Waals surface area contributed by atoms with E-state index in [1.165, 1.54) is 11.1 Å². The van der Waals surface area contributed by atoms with E-state index in [1.54, 1.807) is 0 Å². The first-order chi connectivity index (χ1) is 9.90. The molecule has 2 rings (SSSR count). The first-order valence-corrected chi connectivity index (χ1v) is 6.09. The molecule has 1 aliphatic heterocycles. The van der Waals surface area contributed by atoms with E-state index >= 15 is 0 Å². The molecule has 0 radical (unpaired) electrons. The predicted octanol–water partition coefficient (Wildman–Crippen LogP) is 1.06. The number of hydrogen-bond acceptors (Lipinski definition) is 7. The van der Waals surface area contributed by atoms with E-state index in [4.69, 9.17) is 5.11 Å². The van der Waals surface area contributed by atoms with Crippen LogP contribution in [0.1, 0.15) is 12.8 Å². The van der Waals surface area contributed by atoms with Gasteiger partial charge < -0.3 is 10.1 Å². The van der Waals surface area contributed by atoms with E-state index in [1.807, 2.05) is 0 Å². The number of anilines is 1. The number of benzene rings is 1. The Kier molecular flexibility index (Phi) is 3.98. The minimum Gasteiger partial charge on any atom is -0.480 e. The second kappa shape index (κ2) is 5.71. The molecular formula is C11H12N4O6.